The monoisotopic (exact) mass is 260 g/mol. The van der Waals surface area contributed by atoms with Gasteiger partial charge >= 0.3 is 0 Å². The Hall–Kier alpha value is -2.93. The van der Waals surface area contributed by atoms with Crippen molar-refractivity contribution < 1.29 is 0 Å². The SMILES string of the molecule is N#Cc1ccc(NCc2cccnn2)c2ccccc12. The van der Waals surface area contributed by atoms with Crippen LogP contribution < -0.4 is 5.32 Å². The maximum absolute atomic E-state index is 9.15. The molecule has 0 aliphatic heterocycles. The van der Waals surface area contributed by atoms with Crippen LogP contribution in [0, 0.1) is 11.3 Å². The maximum Gasteiger partial charge on any atom is 0.0998 e. The van der Waals surface area contributed by atoms with Crippen molar-refractivity contribution in [1.82, 2.24) is 10.2 Å². The number of benzene rings is 2. The molecular weight excluding hydrogens is 248 g/mol. The highest BCUT2D eigenvalue weighted by molar-refractivity contribution is 5.97. The second kappa shape index (κ2) is 5.37. The van der Waals surface area contributed by atoms with Gasteiger partial charge in [0.15, 0.2) is 0 Å². The Balaban J connectivity index is 1.95. The van der Waals surface area contributed by atoms with Gasteiger partial charge in [-0.1, -0.05) is 24.3 Å². The Labute approximate surface area is 116 Å². The normalized spacial score (nSPS) is 10.2. The third kappa shape index (κ3) is 2.29. The summed E-state index contributed by atoms with van der Waals surface area (Å²) in [4.78, 5) is 0. The highest BCUT2D eigenvalue weighted by Gasteiger charge is 2.05. The molecule has 20 heavy (non-hydrogen) atoms. The maximum atomic E-state index is 9.15. The van der Waals surface area contributed by atoms with Crippen LogP contribution in [0.3, 0.4) is 0 Å². The van der Waals surface area contributed by atoms with Gasteiger partial charge in [-0.25, -0.2) is 0 Å². The van der Waals surface area contributed by atoms with Crippen molar-refractivity contribution in [3.8, 4) is 6.07 Å². The lowest BCUT2D eigenvalue weighted by molar-refractivity contribution is 0.926. The molecule has 0 saturated heterocycles. The molecule has 3 aromatic rings. The molecule has 96 valence electrons. The number of nitriles is 1. The van der Waals surface area contributed by atoms with E-state index in [1.54, 1.807) is 6.20 Å². The lowest BCUT2D eigenvalue weighted by Crippen LogP contribution is -2.02. The summed E-state index contributed by atoms with van der Waals surface area (Å²) in [7, 11) is 0. The van der Waals surface area contributed by atoms with Gasteiger partial charge in [0, 0.05) is 22.7 Å². The van der Waals surface area contributed by atoms with E-state index in [0.717, 1.165) is 22.2 Å². The van der Waals surface area contributed by atoms with Crippen LogP contribution in [0.5, 0.6) is 0 Å². The van der Waals surface area contributed by atoms with E-state index in [-0.39, 0.29) is 0 Å². The first-order valence-electron chi connectivity index (χ1n) is 6.31. The van der Waals surface area contributed by atoms with E-state index in [1.165, 1.54) is 0 Å². The Morgan fingerprint density at radius 2 is 1.85 bits per heavy atom. The summed E-state index contributed by atoms with van der Waals surface area (Å²) in [5, 5.41) is 22.4. The number of aromatic nitrogens is 2. The molecule has 0 atom stereocenters. The molecule has 0 saturated carbocycles. The summed E-state index contributed by atoms with van der Waals surface area (Å²) < 4.78 is 0. The second-order valence-corrected chi connectivity index (χ2v) is 4.39. The number of rotatable bonds is 3. The van der Waals surface area contributed by atoms with Gasteiger partial charge in [-0.3, -0.25) is 0 Å². The molecule has 2 aromatic carbocycles. The molecule has 1 aromatic heterocycles. The summed E-state index contributed by atoms with van der Waals surface area (Å²) in [6, 6.07) is 17.6. The zero-order valence-electron chi connectivity index (χ0n) is 10.7. The number of hydrogen-bond donors (Lipinski definition) is 1. The minimum Gasteiger partial charge on any atom is -0.379 e. The predicted octanol–water partition coefficient (Wildman–Crippen LogP) is 3.11. The molecule has 0 aliphatic rings. The van der Waals surface area contributed by atoms with Crippen molar-refractivity contribution >= 4 is 16.5 Å². The first kappa shape index (κ1) is 12.1. The summed E-state index contributed by atoms with van der Waals surface area (Å²) in [5.74, 6) is 0. The van der Waals surface area contributed by atoms with E-state index in [4.69, 9.17) is 5.26 Å². The number of nitrogens with zero attached hydrogens (tertiary/aromatic N) is 3. The number of nitrogens with one attached hydrogen (secondary N) is 1. The molecule has 1 N–H and O–H groups in total. The molecule has 0 amide bonds. The fraction of sp³-hybridized carbons (Fsp3) is 0.0625. The molecule has 4 heteroatoms. The molecule has 0 bridgehead atoms. The van der Waals surface area contributed by atoms with E-state index in [9.17, 15) is 0 Å². The molecule has 0 unspecified atom stereocenters. The zero-order valence-corrected chi connectivity index (χ0v) is 10.7. The number of anilines is 1. The van der Waals surface area contributed by atoms with E-state index in [1.807, 2.05) is 48.5 Å². The van der Waals surface area contributed by atoms with Gasteiger partial charge in [0.25, 0.3) is 0 Å². The topological polar surface area (TPSA) is 61.6 Å². The smallest absolute Gasteiger partial charge is 0.0998 e. The van der Waals surface area contributed by atoms with Crippen LogP contribution in [0.2, 0.25) is 0 Å². The molecule has 0 aliphatic carbocycles. The highest BCUT2D eigenvalue weighted by atomic mass is 15.1. The van der Waals surface area contributed by atoms with Gasteiger partial charge < -0.3 is 5.32 Å². The summed E-state index contributed by atoms with van der Waals surface area (Å²) in [5.41, 5.74) is 2.55. The first-order valence-corrected chi connectivity index (χ1v) is 6.31. The van der Waals surface area contributed by atoms with Gasteiger partial charge in [0.1, 0.15) is 0 Å². The van der Waals surface area contributed by atoms with Gasteiger partial charge in [0.05, 0.1) is 23.9 Å². The third-order valence-corrected chi connectivity index (χ3v) is 3.13. The van der Waals surface area contributed by atoms with Crippen molar-refractivity contribution in [3.05, 3.63) is 66.0 Å². The van der Waals surface area contributed by atoms with E-state index in [0.29, 0.717) is 12.1 Å². The molecule has 3 rings (SSSR count). The molecule has 0 spiro atoms. The minimum atomic E-state index is 0.601. The first-order chi connectivity index (χ1) is 9.88. The summed E-state index contributed by atoms with van der Waals surface area (Å²) >= 11 is 0. The Morgan fingerprint density at radius 3 is 2.60 bits per heavy atom. The number of fused-ring (bicyclic) bond motifs is 1. The van der Waals surface area contributed by atoms with E-state index < -0.39 is 0 Å². The van der Waals surface area contributed by atoms with E-state index in [2.05, 4.69) is 21.6 Å². The number of hydrogen-bond acceptors (Lipinski definition) is 4. The van der Waals surface area contributed by atoms with Crippen LogP contribution in [0.25, 0.3) is 10.8 Å². The lowest BCUT2D eigenvalue weighted by atomic mass is 10.0. The van der Waals surface area contributed by atoms with Crippen LogP contribution in [0.15, 0.2) is 54.7 Å². The summed E-state index contributed by atoms with van der Waals surface area (Å²) in [6.07, 6.45) is 1.65. The third-order valence-electron chi connectivity index (χ3n) is 3.13. The average Bonchev–Trinajstić information content (AvgIpc) is 2.53. The van der Waals surface area contributed by atoms with Gasteiger partial charge in [-0.15, -0.1) is 0 Å². The fourth-order valence-corrected chi connectivity index (χ4v) is 2.16. The average molecular weight is 260 g/mol. The quantitative estimate of drug-likeness (QED) is 0.786. The van der Waals surface area contributed by atoms with Gasteiger partial charge in [0.2, 0.25) is 0 Å². The molecule has 0 radical (unpaired) electrons. The van der Waals surface area contributed by atoms with Crippen LogP contribution in [0.4, 0.5) is 5.69 Å². The van der Waals surface area contributed by atoms with Crippen molar-refractivity contribution in [2.45, 2.75) is 6.54 Å². The lowest BCUT2D eigenvalue weighted by Gasteiger charge is -2.10. The molecule has 4 nitrogen and oxygen atoms in total. The minimum absolute atomic E-state index is 0.601. The largest absolute Gasteiger partial charge is 0.379 e. The predicted molar refractivity (Wildman–Crippen MR) is 78.0 cm³/mol. The van der Waals surface area contributed by atoms with Crippen LogP contribution in [-0.4, -0.2) is 10.2 Å². The molecule has 1 heterocycles. The Bertz CT molecular complexity index is 775. The van der Waals surface area contributed by atoms with Crippen molar-refractivity contribution in [3.63, 3.8) is 0 Å². The Kier molecular flexibility index (Phi) is 3.25. The standard InChI is InChI=1S/C16H12N4/c17-10-12-7-8-16(15-6-2-1-5-14(12)15)18-11-13-4-3-9-19-20-13/h1-9,18H,11H2. The zero-order chi connectivity index (χ0) is 13.8. The highest BCUT2D eigenvalue weighted by Crippen LogP contribution is 2.26. The van der Waals surface area contributed by atoms with Crippen LogP contribution >= 0.6 is 0 Å². The molecular formula is C16H12N4. The van der Waals surface area contributed by atoms with Crippen LogP contribution in [-0.2, 0) is 6.54 Å². The fourth-order valence-electron chi connectivity index (χ4n) is 2.16. The van der Waals surface area contributed by atoms with E-state index >= 15 is 0 Å². The van der Waals surface area contributed by atoms with Crippen molar-refractivity contribution in [2.24, 2.45) is 0 Å². The van der Waals surface area contributed by atoms with Crippen LogP contribution in [0.1, 0.15) is 11.3 Å². The summed E-state index contributed by atoms with van der Waals surface area (Å²) in [6.45, 7) is 0.601. The Morgan fingerprint density at radius 1 is 1.00 bits per heavy atom. The van der Waals surface area contributed by atoms with Crippen molar-refractivity contribution in [2.75, 3.05) is 5.32 Å². The molecule has 0 fully saturated rings. The van der Waals surface area contributed by atoms with Gasteiger partial charge in [-0.05, 0) is 24.3 Å². The van der Waals surface area contributed by atoms with Gasteiger partial charge in [-0.2, -0.15) is 15.5 Å². The second-order valence-electron chi connectivity index (χ2n) is 4.39. The van der Waals surface area contributed by atoms with Crippen molar-refractivity contribution in [1.29, 1.82) is 5.26 Å².